The fourth-order valence-electron chi connectivity index (χ4n) is 15.6. The van der Waals surface area contributed by atoms with Crippen molar-refractivity contribution in [3.63, 3.8) is 0 Å². The van der Waals surface area contributed by atoms with E-state index in [0.717, 1.165) is 61.2 Å². The van der Waals surface area contributed by atoms with Crippen molar-refractivity contribution >= 4 is 46.4 Å². The molecule has 6 N–H and O–H groups in total. The average molecular weight is 1130 g/mol. The van der Waals surface area contributed by atoms with Gasteiger partial charge < -0.3 is 54.6 Å². The standard InChI is InChI=1S/C61H87N5O12.CO2/c1-9-41(35-67)78-51(75-8)36-77-50(70)22-16-21-49(69)62-39(5)53(71)76-29-15-14-20-48(68)61(74)55-60(25-28-66-26-17-24-59(11-3,54(60)66)56(61)72)45-31-44(38(4)30-47(45)64(55)7)57(6)32-40-33-58(73,10-2)37-65(34-40)27-23-43-42-18-12-13-19-46(42)63-52(43)57;2-1-3/h12-13,17-19,24,30-31,39-41,51,54-56,63,67,72-74H,9-11,14-16,20-23,25-29,32-37H2,1-8H3,(H,62,69);/t39?,40?,41?,51?,54?,55?,56-,57-,58?,59-,60?,61+;/m1./s1. The van der Waals surface area contributed by atoms with Crippen LogP contribution in [0.4, 0.5) is 5.69 Å². The molecule has 9 unspecified atom stereocenters. The van der Waals surface area contributed by atoms with E-state index in [4.69, 9.17) is 28.5 Å². The number of fused-ring (bicyclic) bond motifs is 6. The van der Waals surface area contributed by atoms with E-state index in [1.807, 2.05) is 14.0 Å². The minimum Gasteiger partial charge on any atom is -0.464 e. The van der Waals surface area contributed by atoms with E-state index in [9.17, 15) is 34.8 Å². The second kappa shape index (κ2) is 25.3. The Balaban J connectivity index is 0.00000281. The van der Waals surface area contributed by atoms with Gasteiger partial charge in [0, 0.05) is 104 Å². The second-order valence-corrected chi connectivity index (χ2v) is 24.1. The number of amides is 1. The van der Waals surface area contributed by atoms with Crippen molar-refractivity contribution in [2.75, 3.05) is 71.6 Å². The van der Waals surface area contributed by atoms with Gasteiger partial charge in [0.05, 0.1) is 31.0 Å². The summed E-state index contributed by atoms with van der Waals surface area (Å²) in [5.74, 6) is -1.83. The van der Waals surface area contributed by atoms with Crippen LogP contribution in [0.25, 0.3) is 10.9 Å². The van der Waals surface area contributed by atoms with Crippen LogP contribution < -0.4 is 10.2 Å². The van der Waals surface area contributed by atoms with Crippen LogP contribution in [0.3, 0.4) is 0 Å². The molecule has 6 aliphatic rings. The van der Waals surface area contributed by atoms with Gasteiger partial charge in [-0.05, 0) is 132 Å². The van der Waals surface area contributed by atoms with E-state index in [1.54, 1.807) is 0 Å². The van der Waals surface area contributed by atoms with Crippen molar-refractivity contribution in [2.45, 2.75) is 184 Å². The Morgan fingerprint density at radius 1 is 0.951 bits per heavy atom. The molecular weight excluding hydrogens is 1040 g/mol. The Kier molecular flexibility index (Phi) is 19.2. The van der Waals surface area contributed by atoms with Crippen LogP contribution in [-0.4, -0.2) is 180 Å². The molecule has 19 heteroatoms. The van der Waals surface area contributed by atoms with Gasteiger partial charge in [-0.3, -0.25) is 24.2 Å². The number of nitrogens with one attached hydrogen (secondary N) is 2. The first-order chi connectivity index (χ1) is 38.7. The molecule has 0 radical (unpaired) electrons. The Hall–Kier alpha value is -5.34. The number of H-pyrrole nitrogens is 1. The predicted octanol–water partition coefficient (Wildman–Crippen LogP) is 5.07. The summed E-state index contributed by atoms with van der Waals surface area (Å²) >= 11 is 0. The fourth-order valence-corrected chi connectivity index (χ4v) is 15.6. The van der Waals surface area contributed by atoms with Crippen molar-refractivity contribution < 1.29 is 68.1 Å². The number of hydrogen-bond donors (Lipinski definition) is 6. The number of anilines is 1. The minimum absolute atomic E-state index is 0.0183. The van der Waals surface area contributed by atoms with Crippen LogP contribution in [0, 0.1) is 18.3 Å². The van der Waals surface area contributed by atoms with Gasteiger partial charge in [0.25, 0.3) is 0 Å². The molecule has 1 aromatic heterocycles. The largest absolute Gasteiger partial charge is 0.464 e. The number of rotatable bonds is 22. The Morgan fingerprint density at radius 2 is 1.70 bits per heavy atom. The van der Waals surface area contributed by atoms with Crippen molar-refractivity contribution in [1.82, 2.24) is 20.1 Å². The molecule has 5 aliphatic heterocycles. The third kappa shape index (κ3) is 11.4. The molecule has 2 bridgehead atoms. The molecule has 6 heterocycles. The number of esters is 2. The van der Waals surface area contributed by atoms with E-state index >= 15 is 4.79 Å². The summed E-state index contributed by atoms with van der Waals surface area (Å²) in [6.07, 6.45) is 7.27. The average Bonchev–Trinajstić information content (AvgIpc) is 2.66. The number of nitrogens with zero attached hydrogens (tertiary/aromatic N) is 3. The number of para-hydroxylation sites is 1. The van der Waals surface area contributed by atoms with Crippen LogP contribution in [0.5, 0.6) is 0 Å². The summed E-state index contributed by atoms with van der Waals surface area (Å²) in [7, 11) is 3.39. The number of aliphatic hydroxyl groups excluding tert-OH is 2. The number of piperidine rings is 1. The van der Waals surface area contributed by atoms with Gasteiger partial charge >= 0.3 is 18.1 Å². The van der Waals surface area contributed by atoms with Gasteiger partial charge in [0.1, 0.15) is 18.8 Å². The first kappa shape index (κ1) is 61.7. The SMILES string of the molecule is CCC(CO)OC(COC(=O)CCCC(=O)NC(C)C(=O)OCCCCC(=O)[C@]1(O)C2N(C)c3cc(C)c([C@@]4(C)CC5CN(CCc6c4[nH]c4ccccc64)CC(O)(CC)C5)cc3C23CCN2CC=C[C@](CC)(C23)[C@H]1O)OC.O=C=O. The Bertz CT molecular complexity index is 2830. The maximum atomic E-state index is 15.2. The van der Waals surface area contributed by atoms with E-state index in [-0.39, 0.29) is 70.0 Å². The van der Waals surface area contributed by atoms with Crippen molar-refractivity contribution in [1.29, 1.82) is 0 Å². The van der Waals surface area contributed by atoms with Crippen LogP contribution >= 0.6 is 0 Å². The number of aryl methyl sites for hydroxylation is 1. The Morgan fingerprint density at radius 3 is 2.41 bits per heavy atom. The number of carbonyl (C=O) groups excluding carboxylic acids is 6. The number of unbranched alkanes of at least 4 members (excludes halogenated alkanes) is 1. The number of aromatic amines is 1. The summed E-state index contributed by atoms with van der Waals surface area (Å²) in [6, 6.07) is 11.4. The first-order valence-corrected chi connectivity index (χ1v) is 29.4. The van der Waals surface area contributed by atoms with E-state index in [2.05, 4.69) is 101 Å². The van der Waals surface area contributed by atoms with Gasteiger partial charge in [0.15, 0.2) is 17.7 Å². The highest BCUT2D eigenvalue weighted by Gasteiger charge is 2.78. The van der Waals surface area contributed by atoms with Gasteiger partial charge in [-0.15, -0.1) is 0 Å². The van der Waals surface area contributed by atoms with Gasteiger partial charge in [-0.25, -0.2) is 4.79 Å². The number of methoxy groups -OCH3 is 1. The number of Topliss-reactive ketones (excluding diaryl/α,β-unsaturated/α-hetero) is 1. The lowest BCUT2D eigenvalue weighted by Gasteiger charge is -2.63. The zero-order chi connectivity index (χ0) is 58.7. The minimum atomic E-state index is -2.17. The maximum absolute atomic E-state index is 15.2. The number of aliphatic hydroxyl groups is 4. The maximum Gasteiger partial charge on any atom is 0.373 e. The molecule has 19 nitrogen and oxygen atoms in total. The molecule has 13 atom stereocenters. The monoisotopic (exact) mass is 1130 g/mol. The molecule has 444 valence electrons. The molecule has 2 aromatic carbocycles. The second-order valence-electron chi connectivity index (χ2n) is 24.1. The zero-order valence-electron chi connectivity index (χ0n) is 48.7. The third-order valence-electron chi connectivity index (χ3n) is 19.3. The molecule has 9 rings (SSSR count). The van der Waals surface area contributed by atoms with Crippen molar-refractivity contribution in [2.24, 2.45) is 11.3 Å². The van der Waals surface area contributed by atoms with Gasteiger partial charge in [-0.1, -0.05) is 57.2 Å². The van der Waals surface area contributed by atoms with E-state index in [0.29, 0.717) is 45.2 Å². The molecule has 2 saturated heterocycles. The lowest BCUT2D eigenvalue weighted by atomic mass is 9.47. The third-order valence-corrected chi connectivity index (χ3v) is 19.3. The number of benzene rings is 2. The molecule has 81 heavy (non-hydrogen) atoms. The molecule has 1 saturated carbocycles. The molecule has 1 spiro atoms. The fraction of sp³-hybridized carbons (Fsp3) is 0.661. The van der Waals surface area contributed by atoms with Gasteiger partial charge in [0.2, 0.25) is 5.91 Å². The smallest absolute Gasteiger partial charge is 0.373 e. The normalized spacial score (nSPS) is 31.1. The van der Waals surface area contributed by atoms with Crippen LogP contribution in [0.1, 0.15) is 140 Å². The van der Waals surface area contributed by atoms with Crippen LogP contribution in [0.15, 0.2) is 48.6 Å². The van der Waals surface area contributed by atoms with Gasteiger partial charge in [-0.2, -0.15) is 9.59 Å². The predicted molar refractivity (Wildman–Crippen MR) is 301 cm³/mol. The summed E-state index contributed by atoms with van der Waals surface area (Å²) in [5, 5.41) is 51.8. The summed E-state index contributed by atoms with van der Waals surface area (Å²) in [5.41, 5.74) is 2.93. The summed E-state index contributed by atoms with van der Waals surface area (Å²) < 4.78 is 21.5. The first-order valence-electron chi connectivity index (χ1n) is 29.4. The lowest BCUT2D eigenvalue weighted by Crippen LogP contribution is -2.80. The molecule has 1 amide bonds. The van der Waals surface area contributed by atoms with Crippen molar-refractivity contribution in [3.05, 3.63) is 76.5 Å². The van der Waals surface area contributed by atoms with E-state index in [1.165, 1.54) is 36.2 Å². The van der Waals surface area contributed by atoms with Crippen molar-refractivity contribution in [3.8, 4) is 0 Å². The highest BCUT2D eigenvalue weighted by molar-refractivity contribution is 5.92. The number of likely N-dealkylation sites (N-methyl/N-ethyl adjacent to an activating group) is 1. The van der Waals surface area contributed by atoms with Crippen LogP contribution in [0.2, 0.25) is 0 Å². The number of ether oxygens (including phenoxy) is 4. The molecule has 3 fully saturated rings. The zero-order valence-corrected chi connectivity index (χ0v) is 48.7. The number of aromatic nitrogens is 1. The number of carbonyl (C=O) groups is 4. The summed E-state index contributed by atoms with van der Waals surface area (Å²) in [6.45, 7) is 15.6. The molecule has 1 aliphatic carbocycles. The van der Waals surface area contributed by atoms with Crippen LogP contribution in [-0.2, 0) is 65.0 Å². The Labute approximate surface area is 476 Å². The molecule has 3 aromatic rings. The molecular formula is C62H87N5O14. The highest BCUT2D eigenvalue weighted by atomic mass is 16.7. The topological polar surface area (TPSA) is 258 Å². The summed E-state index contributed by atoms with van der Waals surface area (Å²) in [4.78, 5) is 80.5. The lowest BCUT2D eigenvalue weighted by molar-refractivity contribution is -0.202. The van der Waals surface area contributed by atoms with E-state index < -0.39 is 81.7 Å². The highest BCUT2D eigenvalue weighted by Crippen LogP contribution is 2.67. The number of hydrogen-bond acceptors (Lipinski definition) is 17. The number of ketones is 1. The quantitative estimate of drug-likeness (QED) is 0.0332.